The minimum atomic E-state index is -0.390. The van der Waals surface area contributed by atoms with Gasteiger partial charge in [0, 0.05) is 6.42 Å². The van der Waals surface area contributed by atoms with Crippen LogP contribution < -0.4 is 9.47 Å². The van der Waals surface area contributed by atoms with Gasteiger partial charge >= 0.3 is 0 Å². The summed E-state index contributed by atoms with van der Waals surface area (Å²) >= 11 is 3.19. The second kappa shape index (κ2) is 3.48. The van der Waals surface area contributed by atoms with Gasteiger partial charge in [-0.05, 0) is 12.1 Å². The lowest BCUT2D eigenvalue weighted by Gasteiger charge is -2.27. The summed E-state index contributed by atoms with van der Waals surface area (Å²) in [5, 5.41) is 0.393. The fourth-order valence-electron chi connectivity index (χ4n) is 2.16. The zero-order valence-corrected chi connectivity index (χ0v) is 10.2. The lowest BCUT2D eigenvalue weighted by Crippen LogP contribution is -2.35. The second-order valence-electron chi connectivity index (χ2n) is 4.26. The van der Waals surface area contributed by atoms with Crippen LogP contribution in [0.3, 0.4) is 0 Å². The number of hydrogen-bond donors (Lipinski definition) is 0. The van der Waals surface area contributed by atoms with Gasteiger partial charge in [-0.25, -0.2) is 0 Å². The third kappa shape index (κ3) is 1.44. The summed E-state index contributed by atoms with van der Waals surface area (Å²) < 4.78 is 11.5. The van der Waals surface area contributed by atoms with E-state index in [1.165, 1.54) is 0 Å². The van der Waals surface area contributed by atoms with Crippen LogP contribution in [0.15, 0.2) is 24.3 Å². The van der Waals surface area contributed by atoms with E-state index in [0.717, 1.165) is 17.9 Å². The van der Waals surface area contributed by atoms with Gasteiger partial charge in [0.05, 0.1) is 11.2 Å². The molecular weight excluding hydrogens is 272 g/mol. The fourth-order valence-corrected chi connectivity index (χ4v) is 2.55. The lowest BCUT2D eigenvalue weighted by atomic mass is 10.2. The molecule has 4 heteroatoms. The molecule has 16 heavy (non-hydrogen) atoms. The van der Waals surface area contributed by atoms with Gasteiger partial charge in [-0.1, -0.05) is 28.1 Å². The number of hydrogen-bond acceptors (Lipinski definition) is 3. The molecule has 2 aliphatic rings. The Balaban J connectivity index is 1.82. The topological polar surface area (TPSA) is 35.5 Å². The molecule has 1 aromatic rings. The first-order valence-corrected chi connectivity index (χ1v) is 6.37. The summed E-state index contributed by atoms with van der Waals surface area (Å²) in [4.78, 5) is 11.6. The number of para-hydroxylation sites is 2. The van der Waals surface area contributed by atoms with Gasteiger partial charge in [-0.3, -0.25) is 4.79 Å². The predicted octanol–water partition coefficient (Wildman–Crippen LogP) is 2.18. The Morgan fingerprint density at radius 1 is 1.44 bits per heavy atom. The average Bonchev–Trinajstić information content (AvgIpc) is 3.02. The number of ether oxygens (including phenoxy) is 2. The van der Waals surface area contributed by atoms with Gasteiger partial charge in [-0.2, -0.15) is 0 Å². The molecule has 0 radical (unpaired) electrons. The Morgan fingerprint density at radius 3 is 2.94 bits per heavy atom. The van der Waals surface area contributed by atoms with E-state index < -0.39 is 0 Å². The van der Waals surface area contributed by atoms with Crippen LogP contribution in [0.5, 0.6) is 11.5 Å². The monoisotopic (exact) mass is 282 g/mol. The third-order valence-electron chi connectivity index (χ3n) is 3.18. The Labute approximate surface area is 102 Å². The molecule has 0 amide bonds. The third-order valence-corrected chi connectivity index (χ3v) is 3.73. The van der Waals surface area contributed by atoms with Crippen LogP contribution in [0.4, 0.5) is 0 Å². The first-order chi connectivity index (χ1) is 7.75. The molecule has 0 bridgehead atoms. The number of ketones is 1. The number of Topliss-reactive ketones (excluding diaryl/α,β-unsaturated/α-hetero) is 1. The van der Waals surface area contributed by atoms with Crippen LogP contribution in [0.2, 0.25) is 0 Å². The Kier molecular flexibility index (Phi) is 2.21. The highest BCUT2D eigenvalue weighted by molar-refractivity contribution is 9.09. The molecule has 3 nitrogen and oxygen atoms in total. The number of benzene rings is 1. The molecular formula is C12H11BrO3. The van der Waals surface area contributed by atoms with Crippen molar-refractivity contribution in [2.24, 2.45) is 5.92 Å². The highest BCUT2D eigenvalue weighted by atomic mass is 79.9. The molecule has 1 saturated carbocycles. The standard InChI is InChI=1S/C12H11BrO3/c13-6-9(14)8-5-12(8)7-15-10-3-1-2-4-11(10)16-12/h1-4,8H,5-7H2. The summed E-state index contributed by atoms with van der Waals surface area (Å²) in [6.45, 7) is 0.480. The quantitative estimate of drug-likeness (QED) is 0.780. The summed E-state index contributed by atoms with van der Waals surface area (Å²) in [7, 11) is 0. The van der Waals surface area contributed by atoms with E-state index in [1.807, 2.05) is 24.3 Å². The van der Waals surface area contributed by atoms with Crippen molar-refractivity contribution in [2.45, 2.75) is 12.0 Å². The molecule has 84 valence electrons. The van der Waals surface area contributed by atoms with Crippen LogP contribution in [0.25, 0.3) is 0 Å². The van der Waals surface area contributed by atoms with Crippen LogP contribution in [-0.4, -0.2) is 23.3 Å². The lowest BCUT2D eigenvalue weighted by molar-refractivity contribution is -0.119. The molecule has 2 atom stereocenters. The van der Waals surface area contributed by atoms with Crippen LogP contribution >= 0.6 is 15.9 Å². The minimum Gasteiger partial charge on any atom is -0.486 e. The first kappa shape index (κ1) is 10.1. The van der Waals surface area contributed by atoms with Crippen LogP contribution in [0.1, 0.15) is 6.42 Å². The highest BCUT2D eigenvalue weighted by Gasteiger charge is 2.62. The average molecular weight is 283 g/mol. The molecule has 3 rings (SSSR count). The van der Waals surface area contributed by atoms with Crippen molar-refractivity contribution in [3.63, 3.8) is 0 Å². The maximum atomic E-state index is 11.6. The largest absolute Gasteiger partial charge is 0.486 e. The Bertz CT molecular complexity index is 446. The normalized spacial score (nSPS) is 30.2. The van der Waals surface area contributed by atoms with Crippen molar-refractivity contribution in [2.75, 3.05) is 11.9 Å². The molecule has 0 N–H and O–H groups in total. The van der Waals surface area contributed by atoms with Gasteiger partial charge in [0.25, 0.3) is 0 Å². The molecule has 0 saturated heterocycles. The van der Waals surface area contributed by atoms with Crippen LogP contribution in [-0.2, 0) is 4.79 Å². The van der Waals surface area contributed by atoms with Gasteiger partial charge in [0.15, 0.2) is 22.9 Å². The molecule has 2 unspecified atom stereocenters. The number of alkyl halides is 1. The Morgan fingerprint density at radius 2 is 2.19 bits per heavy atom. The smallest absolute Gasteiger partial charge is 0.162 e. The molecule has 1 aliphatic carbocycles. The summed E-state index contributed by atoms with van der Waals surface area (Å²) in [6.07, 6.45) is 0.770. The van der Waals surface area contributed by atoms with E-state index in [2.05, 4.69) is 15.9 Å². The summed E-state index contributed by atoms with van der Waals surface area (Å²) in [5.41, 5.74) is -0.390. The first-order valence-electron chi connectivity index (χ1n) is 5.25. The zero-order valence-electron chi connectivity index (χ0n) is 8.61. The number of rotatable bonds is 2. The van der Waals surface area contributed by atoms with Crippen LogP contribution in [0, 0.1) is 5.92 Å². The van der Waals surface area contributed by atoms with E-state index in [4.69, 9.17) is 9.47 Å². The van der Waals surface area contributed by atoms with E-state index >= 15 is 0 Å². The van der Waals surface area contributed by atoms with Gasteiger partial charge < -0.3 is 9.47 Å². The molecule has 0 aromatic heterocycles. The number of fused-ring (bicyclic) bond motifs is 1. The van der Waals surface area contributed by atoms with Crippen molar-refractivity contribution < 1.29 is 14.3 Å². The molecule has 1 aliphatic heterocycles. The van der Waals surface area contributed by atoms with E-state index in [9.17, 15) is 4.79 Å². The van der Waals surface area contributed by atoms with Gasteiger partial charge in [-0.15, -0.1) is 0 Å². The van der Waals surface area contributed by atoms with E-state index in [1.54, 1.807) is 0 Å². The number of carbonyl (C=O) groups excluding carboxylic acids is 1. The van der Waals surface area contributed by atoms with Gasteiger partial charge in [0.1, 0.15) is 6.61 Å². The van der Waals surface area contributed by atoms with Gasteiger partial charge in [0.2, 0.25) is 0 Å². The zero-order chi connectivity index (χ0) is 11.2. The number of carbonyl (C=O) groups is 1. The van der Waals surface area contributed by atoms with Crippen molar-refractivity contribution in [1.29, 1.82) is 0 Å². The summed E-state index contributed by atoms with van der Waals surface area (Å²) in [5.74, 6) is 1.70. The Hall–Kier alpha value is -1.03. The van der Waals surface area contributed by atoms with Crippen molar-refractivity contribution >= 4 is 21.7 Å². The van der Waals surface area contributed by atoms with Crippen molar-refractivity contribution in [3.8, 4) is 11.5 Å². The van der Waals surface area contributed by atoms with E-state index in [-0.39, 0.29) is 17.3 Å². The molecule has 1 aromatic carbocycles. The van der Waals surface area contributed by atoms with Crippen molar-refractivity contribution in [3.05, 3.63) is 24.3 Å². The summed E-state index contributed by atoms with van der Waals surface area (Å²) in [6, 6.07) is 7.58. The molecule has 1 heterocycles. The SMILES string of the molecule is O=C(CBr)C1CC12COc1ccccc1O2. The maximum absolute atomic E-state index is 11.6. The molecule has 1 spiro atoms. The number of halogens is 1. The predicted molar refractivity (Wildman–Crippen MR) is 62.2 cm³/mol. The molecule has 1 fully saturated rings. The minimum absolute atomic E-state index is 0.0137. The second-order valence-corrected chi connectivity index (χ2v) is 4.82. The van der Waals surface area contributed by atoms with E-state index in [0.29, 0.717) is 11.9 Å². The highest BCUT2D eigenvalue weighted by Crippen LogP contribution is 2.52. The fraction of sp³-hybridized carbons (Fsp3) is 0.417. The maximum Gasteiger partial charge on any atom is 0.162 e. The van der Waals surface area contributed by atoms with Crippen molar-refractivity contribution in [1.82, 2.24) is 0 Å².